The van der Waals surface area contributed by atoms with Crippen molar-refractivity contribution in [1.82, 2.24) is 0 Å². The lowest BCUT2D eigenvalue weighted by atomic mass is 9.66. The standard InChI is InChI=1S/C27H38O8/c1-5-6-7-8-14-12-17-19(15-11-13(2)9-10-16(15)27(3,4)35-17)20(28)18(14)24-22(30)21(29)23(31)25(34-24)26(32)33/h9,12,15-16,21-25,28-31H,5-8,10-11H2,1-4H3,(H,32,33). The van der Waals surface area contributed by atoms with Crippen molar-refractivity contribution in [3.63, 3.8) is 0 Å². The van der Waals surface area contributed by atoms with Crippen LogP contribution in [0.25, 0.3) is 0 Å². The third-order valence-electron chi connectivity index (χ3n) is 8.00. The van der Waals surface area contributed by atoms with E-state index >= 15 is 0 Å². The molecule has 1 fully saturated rings. The van der Waals surface area contributed by atoms with Gasteiger partial charge in [-0.05, 0) is 58.1 Å². The number of carboxylic acids is 1. The topological polar surface area (TPSA) is 137 Å². The summed E-state index contributed by atoms with van der Waals surface area (Å²) in [5.74, 6) is -0.824. The maximum absolute atomic E-state index is 11.7. The van der Waals surface area contributed by atoms with E-state index in [1.165, 1.54) is 5.57 Å². The molecule has 1 aliphatic carbocycles. The number of ether oxygens (including phenoxy) is 2. The Morgan fingerprint density at radius 3 is 2.49 bits per heavy atom. The summed E-state index contributed by atoms with van der Waals surface area (Å²) >= 11 is 0. The number of unbranched alkanes of at least 4 members (excludes halogenated alkanes) is 2. The Morgan fingerprint density at radius 2 is 1.83 bits per heavy atom. The van der Waals surface area contributed by atoms with Crippen LogP contribution in [0, 0.1) is 5.92 Å². The number of phenolic OH excluding ortho intramolecular Hbond substituents is 1. The summed E-state index contributed by atoms with van der Waals surface area (Å²) in [6.45, 7) is 8.28. The molecule has 8 heteroatoms. The van der Waals surface area contributed by atoms with E-state index < -0.39 is 42.1 Å². The van der Waals surface area contributed by atoms with Gasteiger partial charge in [0.1, 0.15) is 41.5 Å². The van der Waals surface area contributed by atoms with Gasteiger partial charge in [-0.1, -0.05) is 31.4 Å². The molecule has 0 bridgehead atoms. The van der Waals surface area contributed by atoms with E-state index in [2.05, 4.69) is 33.8 Å². The fourth-order valence-corrected chi connectivity index (χ4v) is 6.08. The summed E-state index contributed by atoms with van der Waals surface area (Å²) in [6, 6.07) is 1.88. The Morgan fingerprint density at radius 1 is 1.11 bits per heavy atom. The quantitative estimate of drug-likeness (QED) is 0.303. The number of hydrogen-bond acceptors (Lipinski definition) is 7. The van der Waals surface area contributed by atoms with Crippen LogP contribution in [0.5, 0.6) is 11.5 Å². The van der Waals surface area contributed by atoms with Gasteiger partial charge in [0.2, 0.25) is 0 Å². The molecule has 1 aromatic carbocycles. The summed E-state index contributed by atoms with van der Waals surface area (Å²) < 4.78 is 12.1. The van der Waals surface area contributed by atoms with E-state index in [-0.39, 0.29) is 23.1 Å². The number of fused-ring (bicyclic) bond motifs is 3. The van der Waals surface area contributed by atoms with Crippen molar-refractivity contribution in [2.45, 2.75) is 108 Å². The van der Waals surface area contributed by atoms with Crippen LogP contribution in [0.2, 0.25) is 0 Å². The number of carbonyl (C=O) groups is 1. The summed E-state index contributed by atoms with van der Waals surface area (Å²) in [7, 11) is 0. The largest absolute Gasteiger partial charge is 0.507 e. The van der Waals surface area contributed by atoms with Crippen molar-refractivity contribution in [3.05, 3.63) is 34.4 Å². The monoisotopic (exact) mass is 490 g/mol. The number of aryl methyl sites for hydroxylation is 1. The van der Waals surface area contributed by atoms with E-state index in [1.54, 1.807) is 0 Å². The lowest BCUT2D eigenvalue weighted by Gasteiger charge is -2.48. The van der Waals surface area contributed by atoms with E-state index in [0.717, 1.165) is 32.1 Å². The SMILES string of the molecule is CCCCCc1cc2c(c(O)c1C1OC(C(=O)O)C(O)C(O)C1O)C1CC(C)=CCC1C(C)(C)O2. The Hall–Kier alpha value is -2.13. The number of aliphatic hydroxyl groups is 3. The van der Waals surface area contributed by atoms with Gasteiger partial charge in [0, 0.05) is 23.0 Å². The Bertz CT molecular complexity index is 999. The number of aliphatic hydroxyl groups excluding tert-OH is 3. The molecule has 1 saturated heterocycles. The zero-order valence-corrected chi connectivity index (χ0v) is 20.9. The molecule has 0 radical (unpaired) electrons. The molecule has 0 amide bonds. The fourth-order valence-electron chi connectivity index (χ4n) is 6.08. The van der Waals surface area contributed by atoms with Crippen LogP contribution in [0.1, 0.15) is 88.5 Å². The highest BCUT2D eigenvalue weighted by Gasteiger charge is 2.51. The van der Waals surface area contributed by atoms with Crippen molar-refractivity contribution in [2.75, 3.05) is 0 Å². The van der Waals surface area contributed by atoms with Crippen LogP contribution < -0.4 is 4.74 Å². The molecule has 1 aromatic rings. The minimum atomic E-state index is -1.79. The second-order valence-electron chi connectivity index (χ2n) is 10.9. The molecule has 2 aliphatic heterocycles. The highest BCUT2D eigenvalue weighted by molar-refractivity contribution is 5.73. The van der Waals surface area contributed by atoms with Gasteiger partial charge in [-0.3, -0.25) is 0 Å². The Kier molecular flexibility index (Phi) is 7.21. The third-order valence-corrected chi connectivity index (χ3v) is 8.00. The second-order valence-corrected chi connectivity index (χ2v) is 10.9. The van der Waals surface area contributed by atoms with Crippen LogP contribution in [0.15, 0.2) is 17.7 Å². The average Bonchev–Trinajstić information content (AvgIpc) is 2.77. The predicted octanol–water partition coefficient (Wildman–Crippen LogP) is 3.34. The number of phenols is 1. The van der Waals surface area contributed by atoms with Gasteiger partial charge in [-0.25, -0.2) is 4.79 Å². The molecule has 194 valence electrons. The predicted molar refractivity (Wildman–Crippen MR) is 129 cm³/mol. The van der Waals surface area contributed by atoms with Crippen molar-refractivity contribution in [2.24, 2.45) is 5.92 Å². The first kappa shape index (κ1) is 25.9. The van der Waals surface area contributed by atoms with Crippen LogP contribution >= 0.6 is 0 Å². The first-order chi connectivity index (χ1) is 16.5. The molecule has 7 unspecified atom stereocenters. The van der Waals surface area contributed by atoms with Gasteiger partial charge in [-0.15, -0.1) is 0 Å². The Labute approximate surface area is 206 Å². The van der Waals surface area contributed by atoms with Gasteiger partial charge in [0.15, 0.2) is 6.10 Å². The number of rotatable bonds is 6. The van der Waals surface area contributed by atoms with Crippen molar-refractivity contribution in [1.29, 1.82) is 0 Å². The molecule has 5 N–H and O–H groups in total. The normalized spacial score (nSPS) is 33.8. The first-order valence-electron chi connectivity index (χ1n) is 12.6. The summed E-state index contributed by atoms with van der Waals surface area (Å²) in [5.41, 5.74) is 2.38. The van der Waals surface area contributed by atoms with Crippen LogP contribution in [-0.4, -0.2) is 61.5 Å². The van der Waals surface area contributed by atoms with Gasteiger partial charge in [0.05, 0.1) is 0 Å². The number of benzene rings is 1. The number of carboxylic acid groups (broad SMARTS) is 1. The number of aliphatic carboxylic acids is 1. The lowest BCUT2D eigenvalue weighted by molar-refractivity contribution is -0.230. The van der Waals surface area contributed by atoms with Crippen LogP contribution in [0.4, 0.5) is 0 Å². The van der Waals surface area contributed by atoms with Crippen LogP contribution in [-0.2, 0) is 16.0 Å². The van der Waals surface area contributed by atoms with Gasteiger partial charge >= 0.3 is 5.97 Å². The summed E-state index contributed by atoms with van der Waals surface area (Å²) in [6.07, 6.45) is -1.12. The molecule has 35 heavy (non-hydrogen) atoms. The molecule has 3 aliphatic rings. The molecule has 0 saturated carbocycles. The average molecular weight is 491 g/mol. The highest BCUT2D eigenvalue weighted by Crippen LogP contribution is 2.56. The molecule has 4 rings (SSSR count). The van der Waals surface area contributed by atoms with E-state index in [1.807, 2.05) is 6.07 Å². The van der Waals surface area contributed by atoms with Crippen molar-refractivity contribution >= 4 is 5.97 Å². The zero-order chi connectivity index (χ0) is 25.7. The summed E-state index contributed by atoms with van der Waals surface area (Å²) in [4.78, 5) is 11.7. The van der Waals surface area contributed by atoms with Crippen LogP contribution in [0.3, 0.4) is 0 Å². The fraction of sp³-hybridized carbons (Fsp3) is 0.667. The number of allylic oxidation sites excluding steroid dienone is 2. The minimum absolute atomic E-state index is 0.0197. The van der Waals surface area contributed by atoms with Crippen molar-refractivity contribution in [3.8, 4) is 11.5 Å². The molecule has 7 atom stereocenters. The van der Waals surface area contributed by atoms with Gasteiger partial charge in [0.25, 0.3) is 0 Å². The van der Waals surface area contributed by atoms with E-state index in [9.17, 15) is 30.3 Å². The van der Waals surface area contributed by atoms with Gasteiger partial charge < -0.3 is 35.0 Å². The first-order valence-corrected chi connectivity index (χ1v) is 12.6. The smallest absolute Gasteiger partial charge is 0.335 e. The lowest BCUT2D eigenvalue weighted by Crippen LogP contribution is -2.56. The zero-order valence-electron chi connectivity index (χ0n) is 20.9. The molecular weight excluding hydrogens is 452 g/mol. The second kappa shape index (κ2) is 9.73. The highest BCUT2D eigenvalue weighted by atomic mass is 16.6. The van der Waals surface area contributed by atoms with E-state index in [0.29, 0.717) is 23.3 Å². The molecular formula is C27H38O8. The molecule has 0 spiro atoms. The molecule has 2 heterocycles. The van der Waals surface area contributed by atoms with Gasteiger partial charge in [-0.2, -0.15) is 0 Å². The summed E-state index contributed by atoms with van der Waals surface area (Å²) in [5, 5.41) is 52.8. The van der Waals surface area contributed by atoms with E-state index in [4.69, 9.17) is 9.47 Å². The van der Waals surface area contributed by atoms with Crippen molar-refractivity contribution < 1.29 is 39.8 Å². The Balaban J connectivity index is 1.87. The maximum atomic E-state index is 11.7. The maximum Gasteiger partial charge on any atom is 0.335 e. The molecule has 0 aromatic heterocycles. The minimum Gasteiger partial charge on any atom is -0.507 e. The third kappa shape index (κ3) is 4.57. The number of aromatic hydroxyl groups is 1. The number of hydrogen-bond donors (Lipinski definition) is 5. The molecule has 8 nitrogen and oxygen atoms in total.